The first kappa shape index (κ1) is 18.3. The number of carbonyl (C=O) groups excluding carboxylic acids is 1. The standard InChI is InChI=1S/C18H20F2N2O4/c19-18(20)26-15-3-1-2-13(8-15)10-21-17(23)14-9-16(25-12-14)11-22-4-6-24-7-5-22/h1-3,8-9,12,18H,4-7,10-11H2,(H,21,23). The predicted octanol–water partition coefficient (Wildman–Crippen LogP) is 2.64. The molecule has 1 fully saturated rings. The molecule has 8 heteroatoms. The maximum atomic E-state index is 12.2. The van der Waals surface area contributed by atoms with E-state index in [0.29, 0.717) is 36.6 Å². The number of alkyl halides is 2. The molecule has 2 heterocycles. The normalized spacial score (nSPS) is 15.2. The van der Waals surface area contributed by atoms with Crippen molar-refractivity contribution in [2.75, 3.05) is 26.3 Å². The average molecular weight is 366 g/mol. The van der Waals surface area contributed by atoms with Gasteiger partial charge in [0.05, 0.1) is 25.3 Å². The fourth-order valence-corrected chi connectivity index (χ4v) is 2.68. The number of rotatable bonds is 7. The molecule has 0 bridgehead atoms. The minimum Gasteiger partial charge on any atom is -0.467 e. The van der Waals surface area contributed by atoms with Crippen LogP contribution in [0.5, 0.6) is 5.75 Å². The zero-order valence-corrected chi connectivity index (χ0v) is 14.1. The number of amides is 1. The predicted molar refractivity (Wildman–Crippen MR) is 89.0 cm³/mol. The molecule has 0 atom stereocenters. The van der Waals surface area contributed by atoms with Crippen LogP contribution in [-0.4, -0.2) is 43.7 Å². The van der Waals surface area contributed by atoms with E-state index in [1.807, 2.05) is 0 Å². The fourth-order valence-electron chi connectivity index (χ4n) is 2.68. The van der Waals surface area contributed by atoms with Crippen LogP contribution in [0.1, 0.15) is 21.7 Å². The number of benzene rings is 1. The molecular weight excluding hydrogens is 346 g/mol. The molecule has 0 spiro atoms. The van der Waals surface area contributed by atoms with Gasteiger partial charge < -0.3 is 19.2 Å². The van der Waals surface area contributed by atoms with E-state index >= 15 is 0 Å². The summed E-state index contributed by atoms with van der Waals surface area (Å²) >= 11 is 0. The fraction of sp³-hybridized carbons (Fsp3) is 0.389. The van der Waals surface area contributed by atoms with E-state index in [0.717, 1.165) is 13.1 Å². The summed E-state index contributed by atoms with van der Waals surface area (Å²) in [4.78, 5) is 14.4. The highest BCUT2D eigenvalue weighted by molar-refractivity contribution is 5.93. The first-order valence-corrected chi connectivity index (χ1v) is 8.29. The lowest BCUT2D eigenvalue weighted by molar-refractivity contribution is -0.0498. The minimum absolute atomic E-state index is 0.0582. The Balaban J connectivity index is 1.52. The van der Waals surface area contributed by atoms with Crippen molar-refractivity contribution in [2.45, 2.75) is 19.7 Å². The van der Waals surface area contributed by atoms with Crippen molar-refractivity contribution in [3.05, 3.63) is 53.5 Å². The van der Waals surface area contributed by atoms with Crippen LogP contribution in [0, 0.1) is 0 Å². The van der Waals surface area contributed by atoms with Gasteiger partial charge in [0.1, 0.15) is 17.8 Å². The lowest BCUT2D eigenvalue weighted by atomic mass is 10.2. The van der Waals surface area contributed by atoms with E-state index in [9.17, 15) is 13.6 Å². The number of halogens is 2. The van der Waals surface area contributed by atoms with Gasteiger partial charge in [-0.25, -0.2) is 0 Å². The van der Waals surface area contributed by atoms with Crippen molar-refractivity contribution in [2.24, 2.45) is 0 Å². The lowest BCUT2D eigenvalue weighted by Crippen LogP contribution is -2.35. The molecule has 140 valence electrons. The molecule has 3 rings (SSSR count). The Bertz CT molecular complexity index is 729. The van der Waals surface area contributed by atoms with E-state index in [1.165, 1.54) is 18.4 Å². The Hall–Kier alpha value is -2.45. The Morgan fingerprint density at radius 3 is 2.85 bits per heavy atom. The highest BCUT2D eigenvalue weighted by Crippen LogP contribution is 2.16. The van der Waals surface area contributed by atoms with Crippen LogP contribution >= 0.6 is 0 Å². The van der Waals surface area contributed by atoms with E-state index in [1.54, 1.807) is 18.2 Å². The van der Waals surface area contributed by atoms with Crippen LogP contribution in [-0.2, 0) is 17.8 Å². The topological polar surface area (TPSA) is 63.9 Å². The van der Waals surface area contributed by atoms with E-state index < -0.39 is 6.61 Å². The summed E-state index contributed by atoms with van der Waals surface area (Å²) in [7, 11) is 0. The third-order valence-electron chi connectivity index (χ3n) is 3.98. The minimum atomic E-state index is -2.88. The van der Waals surface area contributed by atoms with E-state index in [4.69, 9.17) is 9.15 Å². The molecule has 6 nitrogen and oxygen atoms in total. The van der Waals surface area contributed by atoms with E-state index in [2.05, 4.69) is 15.0 Å². The molecule has 26 heavy (non-hydrogen) atoms. The summed E-state index contributed by atoms with van der Waals surface area (Å²) in [6.45, 7) is 1.01. The molecule has 1 aliphatic rings. The molecule has 0 radical (unpaired) electrons. The second kappa shape index (κ2) is 8.77. The van der Waals surface area contributed by atoms with Gasteiger partial charge in [0, 0.05) is 19.6 Å². The lowest BCUT2D eigenvalue weighted by Gasteiger charge is -2.25. The van der Waals surface area contributed by atoms with Crippen LogP contribution in [0.4, 0.5) is 8.78 Å². The number of ether oxygens (including phenoxy) is 2. The van der Waals surface area contributed by atoms with Crippen molar-refractivity contribution in [1.82, 2.24) is 10.2 Å². The summed E-state index contributed by atoms with van der Waals surface area (Å²) in [5.41, 5.74) is 1.08. The third kappa shape index (κ3) is 5.27. The summed E-state index contributed by atoms with van der Waals surface area (Å²) in [5.74, 6) is 0.481. The highest BCUT2D eigenvalue weighted by atomic mass is 19.3. The number of hydrogen-bond donors (Lipinski definition) is 1. The van der Waals surface area contributed by atoms with Gasteiger partial charge >= 0.3 is 6.61 Å². The van der Waals surface area contributed by atoms with Crippen LogP contribution in [0.3, 0.4) is 0 Å². The van der Waals surface area contributed by atoms with Crippen LogP contribution in [0.15, 0.2) is 41.0 Å². The zero-order valence-electron chi connectivity index (χ0n) is 14.1. The maximum Gasteiger partial charge on any atom is 0.387 e. The second-order valence-corrected chi connectivity index (χ2v) is 5.90. The Kier molecular flexibility index (Phi) is 6.19. The van der Waals surface area contributed by atoms with Crippen LogP contribution < -0.4 is 10.1 Å². The van der Waals surface area contributed by atoms with Gasteiger partial charge in [0.2, 0.25) is 0 Å². The largest absolute Gasteiger partial charge is 0.467 e. The van der Waals surface area contributed by atoms with Crippen molar-refractivity contribution in [3.8, 4) is 5.75 Å². The number of carbonyl (C=O) groups is 1. The molecule has 0 saturated carbocycles. The molecule has 0 unspecified atom stereocenters. The van der Waals surface area contributed by atoms with Gasteiger partial charge in [-0.15, -0.1) is 0 Å². The highest BCUT2D eigenvalue weighted by Gasteiger charge is 2.15. The number of nitrogens with one attached hydrogen (secondary N) is 1. The van der Waals surface area contributed by atoms with Gasteiger partial charge in [-0.3, -0.25) is 9.69 Å². The molecule has 1 aliphatic heterocycles. The Morgan fingerprint density at radius 1 is 1.27 bits per heavy atom. The second-order valence-electron chi connectivity index (χ2n) is 5.90. The van der Waals surface area contributed by atoms with Crippen molar-refractivity contribution < 1.29 is 27.5 Å². The summed E-state index contributed by atoms with van der Waals surface area (Å²) in [5, 5.41) is 2.74. The molecule has 1 aromatic heterocycles. The SMILES string of the molecule is O=C(NCc1cccc(OC(F)F)c1)c1coc(CN2CCOCC2)c1. The summed E-state index contributed by atoms with van der Waals surface area (Å²) in [6.07, 6.45) is 1.42. The summed E-state index contributed by atoms with van der Waals surface area (Å²) in [6, 6.07) is 7.92. The molecule has 1 aromatic carbocycles. The molecule has 1 saturated heterocycles. The first-order chi connectivity index (χ1) is 12.6. The number of hydrogen-bond acceptors (Lipinski definition) is 5. The van der Waals surface area contributed by atoms with Crippen molar-refractivity contribution in [3.63, 3.8) is 0 Å². The van der Waals surface area contributed by atoms with Gasteiger partial charge in [-0.1, -0.05) is 12.1 Å². The molecule has 1 amide bonds. The number of nitrogens with zero attached hydrogens (tertiary/aromatic N) is 1. The van der Waals surface area contributed by atoms with Crippen LogP contribution in [0.2, 0.25) is 0 Å². The van der Waals surface area contributed by atoms with Crippen LogP contribution in [0.25, 0.3) is 0 Å². The Labute approximate surface area is 149 Å². The Morgan fingerprint density at radius 2 is 2.08 bits per heavy atom. The van der Waals surface area contributed by atoms with E-state index in [-0.39, 0.29) is 18.2 Å². The van der Waals surface area contributed by atoms with Gasteiger partial charge in [-0.05, 0) is 23.8 Å². The molecular formula is C18H20F2N2O4. The third-order valence-corrected chi connectivity index (χ3v) is 3.98. The van der Waals surface area contributed by atoms with Gasteiger partial charge in [0.25, 0.3) is 5.91 Å². The maximum absolute atomic E-state index is 12.2. The molecule has 0 aliphatic carbocycles. The van der Waals surface area contributed by atoms with Gasteiger partial charge in [-0.2, -0.15) is 8.78 Å². The number of furan rings is 1. The van der Waals surface area contributed by atoms with Gasteiger partial charge in [0.15, 0.2) is 0 Å². The number of morpholine rings is 1. The molecule has 2 aromatic rings. The van der Waals surface area contributed by atoms with Crippen molar-refractivity contribution in [1.29, 1.82) is 0 Å². The average Bonchev–Trinajstić information content (AvgIpc) is 3.09. The first-order valence-electron chi connectivity index (χ1n) is 8.29. The zero-order chi connectivity index (χ0) is 18.4. The quantitative estimate of drug-likeness (QED) is 0.816. The van der Waals surface area contributed by atoms with Crippen molar-refractivity contribution >= 4 is 5.91 Å². The molecule has 1 N–H and O–H groups in total. The smallest absolute Gasteiger partial charge is 0.387 e. The monoisotopic (exact) mass is 366 g/mol. The summed E-state index contributed by atoms with van der Waals surface area (Å²) < 4.78 is 39.6.